The molecule has 0 aliphatic rings. The predicted molar refractivity (Wildman–Crippen MR) is 79.9 cm³/mol. The molecule has 0 saturated heterocycles. The van der Waals surface area contributed by atoms with Crippen LogP contribution in [0, 0.1) is 0 Å². The van der Waals surface area contributed by atoms with Crippen molar-refractivity contribution in [2.75, 3.05) is 6.54 Å². The number of hydrogen-bond donors (Lipinski definition) is 2. The van der Waals surface area contributed by atoms with Crippen molar-refractivity contribution in [2.24, 2.45) is 0 Å². The van der Waals surface area contributed by atoms with E-state index in [1.165, 1.54) is 31.4 Å². The molecule has 1 aromatic heterocycles. The van der Waals surface area contributed by atoms with Crippen LogP contribution in [0.1, 0.15) is 35.6 Å². The maximum Gasteiger partial charge on any atom is 0.240 e. The molecular weight excluding hydrogens is 306 g/mol. The lowest BCUT2D eigenvalue weighted by Gasteiger charge is -2.10. The average molecular weight is 323 g/mol. The number of nitrogens with one attached hydrogen (secondary N) is 1. The van der Waals surface area contributed by atoms with Crippen molar-refractivity contribution in [1.82, 2.24) is 4.72 Å². The normalized spacial score (nSPS) is 13.0. The van der Waals surface area contributed by atoms with Crippen molar-refractivity contribution in [3.05, 3.63) is 54.0 Å². The summed E-state index contributed by atoms with van der Waals surface area (Å²) >= 11 is 0. The van der Waals surface area contributed by atoms with Gasteiger partial charge >= 0.3 is 0 Å². The molecule has 7 heteroatoms. The highest BCUT2D eigenvalue weighted by Gasteiger charge is 2.17. The molecule has 0 aliphatic heterocycles. The Hall–Kier alpha value is -1.96. The minimum Gasteiger partial charge on any atom is -0.467 e. The fourth-order valence-electron chi connectivity index (χ4n) is 1.92. The van der Waals surface area contributed by atoms with Crippen molar-refractivity contribution >= 4 is 15.8 Å². The maximum absolute atomic E-state index is 12.1. The van der Waals surface area contributed by atoms with E-state index in [4.69, 9.17) is 4.42 Å². The molecule has 0 spiro atoms. The van der Waals surface area contributed by atoms with Gasteiger partial charge in [0.15, 0.2) is 5.78 Å². The van der Waals surface area contributed by atoms with Crippen LogP contribution in [0.15, 0.2) is 52.0 Å². The monoisotopic (exact) mass is 323 g/mol. The van der Waals surface area contributed by atoms with E-state index in [9.17, 15) is 18.3 Å². The van der Waals surface area contributed by atoms with Crippen molar-refractivity contribution in [1.29, 1.82) is 0 Å². The predicted octanol–water partition coefficient (Wildman–Crippen LogP) is 1.88. The number of carbonyl (C=O) groups excluding carboxylic acids is 1. The Morgan fingerprint density at radius 3 is 2.73 bits per heavy atom. The Morgan fingerprint density at radius 2 is 2.09 bits per heavy atom. The molecule has 2 N–H and O–H groups in total. The van der Waals surface area contributed by atoms with Gasteiger partial charge in [-0.05, 0) is 37.6 Å². The van der Waals surface area contributed by atoms with E-state index in [0.29, 0.717) is 11.3 Å². The number of rotatable bonds is 7. The minimum absolute atomic E-state index is 0.0210. The Kier molecular flexibility index (Phi) is 5.12. The van der Waals surface area contributed by atoms with Gasteiger partial charge in [-0.25, -0.2) is 13.1 Å². The summed E-state index contributed by atoms with van der Waals surface area (Å²) in [5, 5.41) is 9.82. The third-order valence-corrected chi connectivity index (χ3v) is 4.59. The first-order valence-corrected chi connectivity index (χ1v) is 8.20. The van der Waals surface area contributed by atoms with E-state index in [0.717, 1.165) is 0 Å². The lowest BCUT2D eigenvalue weighted by molar-refractivity contribution is 0.101. The summed E-state index contributed by atoms with van der Waals surface area (Å²) < 4.78 is 31.7. The topological polar surface area (TPSA) is 96.6 Å². The smallest absolute Gasteiger partial charge is 0.240 e. The standard InChI is InChI=1S/C15H17NO5S/c1-11(17)12-4-2-5-13(10-12)22(19,20)16-8-7-14(18)15-6-3-9-21-15/h2-6,9-10,14,16,18H,7-8H2,1H3. The van der Waals surface area contributed by atoms with Crippen LogP contribution in [0.2, 0.25) is 0 Å². The van der Waals surface area contributed by atoms with Crippen molar-refractivity contribution in [3.63, 3.8) is 0 Å². The second-order valence-electron chi connectivity index (χ2n) is 4.80. The third kappa shape index (κ3) is 4.03. The van der Waals surface area contributed by atoms with E-state index in [1.54, 1.807) is 18.2 Å². The largest absolute Gasteiger partial charge is 0.467 e. The average Bonchev–Trinajstić information content (AvgIpc) is 3.01. The van der Waals surface area contributed by atoms with Crippen molar-refractivity contribution in [3.8, 4) is 0 Å². The van der Waals surface area contributed by atoms with Gasteiger partial charge in [-0.15, -0.1) is 0 Å². The summed E-state index contributed by atoms with van der Waals surface area (Å²) in [4.78, 5) is 11.3. The van der Waals surface area contributed by atoms with Crippen LogP contribution in [0.25, 0.3) is 0 Å². The number of aliphatic hydroxyl groups excluding tert-OH is 1. The zero-order chi connectivity index (χ0) is 16.2. The second kappa shape index (κ2) is 6.87. The summed E-state index contributed by atoms with van der Waals surface area (Å²) in [7, 11) is -3.72. The number of Topliss-reactive ketones (excluding diaryl/α,β-unsaturated/α-hetero) is 1. The molecule has 22 heavy (non-hydrogen) atoms. The van der Waals surface area contributed by atoms with Crippen molar-refractivity contribution < 1.29 is 22.7 Å². The molecular formula is C15H17NO5S. The Labute approximate surface area is 128 Å². The van der Waals surface area contributed by atoms with E-state index in [1.807, 2.05) is 0 Å². The van der Waals surface area contributed by atoms with Gasteiger partial charge in [0.2, 0.25) is 10.0 Å². The molecule has 2 rings (SSSR count). The first kappa shape index (κ1) is 16.4. The van der Waals surface area contributed by atoms with Crippen LogP contribution >= 0.6 is 0 Å². The number of benzene rings is 1. The van der Waals surface area contributed by atoms with Gasteiger partial charge in [-0.2, -0.15) is 0 Å². The number of ketones is 1. The third-order valence-electron chi connectivity index (χ3n) is 3.13. The lowest BCUT2D eigenvalue weighted by Crippen LogP contribution is -2.26. The molecule has 6 nitrogen and oxygen atoms in total. The molecule has 0 aliphatic carbocycles. The highest BCUT2D eigenvalue weighted by atomic mass is 32.2. The van der Waals surface area contributed by atoms with Gasteiger partial charge in [0, 0.05) is 12.1 Å². The molecule has 1 aromatic carbocycles. The van der Waals surface area contributed by atoms with Crippen LogP contribution in [-0.2, 0) is 10.0 Å². The number of carbonyl (C=O) groups is 1. The van der Waals surface area contributed by atoms with Gasteiger partial charge in [0.25, 0.3) is 0 Å². The first-order chi connectivity index (χ1) is 10.4. The van der Waals surface area contributed by atoms with Gasteiger partial charge in [0.05, 0.1) is 11.2 Å². The van der Waals surface area contributed by atoms with Crippen LogP contribution in [0.4, 0.5) is 0 Å². The molecule has 1 unspecified atom stereocenters. The molecule has 0 amide bonds. The van der Waals surface area contributed by atoms with Crippen LogP contribution in [0.3, 0.4) is 0 Å². The summed E-state index contributed by atoms with van der Waals surface area (Å²) in [6.07, 6.45) is 0.746. The van der Waals surface area contributed by atoms with Gasteiger partial charge in [-0.3, -0.25) is 4.79 Å². The van der Waals surface area contributed by atoms with Crippen LogP contribution in [-0.4, -0.2) is 25.9 Å². The van der Waals surface area contributed by atoms with E-state index < -0.39 is 16.1 Å². The van der Waals surface area contributed by atoms with Crippen molar-refractivity contribution in [2.45, 2.75) is 24.3 Å². The van der Waals surface area contributed by atoms with Crippen LogP contribution in [0.5, 0.6) is 0 Å². The molecule has 1 heterocycles. The highest BCUT2D eigenvalue weighted by Crippen LogP contribution is 2.17. The Balaban J connectivity index is 1.99. The molecule has 0 bridgehead atoms. The number of furan rings is 1. The molecule has 2 aromatic rings. The van der Waals surface area contributed by atoms with Gasteiger partial charge in [0.1, 0.15) is 11.9 Å². The number of hydrogen-bond acceptors (Lipinski definition) is 5. The Bertz CT molecular complexity index is 737. The zero-order valence-electron chi connectivity index (χ0n) is 12.0. The first-order valence-electron chi connectivity index (χ1n) is 6.72. The summed E-state index contributed by atoms with van der Waals surface area (Å²) in [5.41, 5.74) is 0.332. The molecule has 1 atom stereocenters. The molecule has 0 radical (unpaired) electrons. The molecule has 118 valence electrons. The SMILES string of the molecule is CC(=O)c1cccc(S(=O)(=O)NCCC(O)c2ccco2)c1. The highest BCUT2D eigenvalue weighted by molar-refractivity contribution is 7.89. The maximum atomic E-state index is 12.1. The van der Waals surface area contributed by atoms with Gasteiger partial charge in [-0.1, -0.05) is 12.1 Å². The fourth-order valence-corrected chi connectivity index (χ4v) is 3.01. The zero-order valence-corrected chi connectivity index (χ0v) is 12.8. The Morgan fingerprint density at radius 1 is 1.32 bits per heavy atom. The lowest BCUT2D eigenvalue weighted by atomic mass is 10.2. The summed E-state index contributed by atoms with van der Waals surface area (Å²) in [5.74, 6) is 0.183. The van der Waals surface area contributed by atoms with E-state index in [-0.39, 0.29) is 23.6 Å². The van der Waals surface area contributed by atoms with E-state index >= 15 is 0 Å². The van der Waals surface area contributed by atoms with E-state index in [2.05, 4.69) is 4.72 Å². The number of sulfonamides is 1. The summed E-state index contributed by atoms with van der Waals surface area (Å²) in [6.45, 7) is 1.42. The van der Waals surface area contributed by atoms with Gasteiger partial charge < -0.3 is 9.52 Å². The second-order valence-corrected chi connectivity index (χ2v) is 6.57. The molecule has 0 fully saturated rings. The fraction of sp³-hybridized carbons (Fsp3) is 0.267. The quantitative estimate of drug-likeness (QED) is 0.758. The van der Waals surface area contributed by atoms with Crippen LogP contribution < -0.4 is 4.72 Å². The molecule has 0 saturated carbocycles. The minimum atomic E-state index is -3.72. The number of aliphatic hydroxyl groups is 1. The summed E-state index contributed by atoms with van der Waals surface area (Å²) in [6, 6.07) is 9.09.